The van der Waals surface area contributed by atoms with Crippen molar-refractivity contribution in [3.8, 4) is 6.07 Å². The van der Waals surface area contributed by atoms with E-state index < -0.39 is 5.91 Å². The molecule has 2 aromatic rings. The Balaban J connectivity index is 1.26. The van der Waals surface area contributed by atoms with Gasteiger partial charge in [-0.1, -0.05) is 18.2 Å². The van der Waals surface area contributed by atoms with Crippen LogP contribution < -0.4 is 5.73 Å². The van der Waals surface area contributed by atoms with Crippen molar-refractivity contribution >= 4 is 11.8 Å². The van der Waals surface area contributed by atoms with Crippen LogP contribution in [-0.2, 0) is 0 Å². The highest BCUT2D eigenvalue weighted by atomic mass is 16.2. The van der Waals surface area contributed by atoms with E-state index in [-0.39, 0.29) is 5.91 Å². The minimum Gasteiger partial charge on any atom is -0.366 e. The lowest BCUT2D eigenvalue weighted by molar-refractivity contribution is 0.0774. The molecule has 1 unspecified atom stereocenters. The Bertz CT molecular complexity index is 965. The standard InChI is InChI=1S/C24H25N4O2/c25-12-17-7-9-19(10-8-17)24(30)28-15-20-13-27(14-21(20)16-28)11-3-5-18-4-1-2-6-22(18)23(26)29/h1-2,4-10,20-21H,3,11,13-16H2,(H2,26,29)/t20-,21?/m0/s1. The van der Waals surface area contributed by atoms with E-state index in [1.54, 1.807) is 30.3 Å². The van der Waals surface area contributed by atoms with Gasteiger partial charge in [0.2, 0.25) is 5.91 Å². The second-order valence-corrected chi connectivity index (χ2v) is 8.12. The normalized spacial score (nSPS) is 20.7. The Kier molecular flexibility index (Phi) is 5.82. The molecule has 153 valence electrons. The first-order valence-electron chi connectivity index (χ1n) is 10.3. The van der Waals surface area contributed by atoms with Gasteiger partial charge in [0.1, 0.15) is 0 Å². The number of hydrogen-bond donors (Lipinski definition) is 1. The van der Waals surface area contributed by atoms with E-state index in [1.807, 2.05) is 23.1 Å². The fourth-order valence-electron chi connectivity index (χ4n) is 4.61. The molecule has 30 heavy (non-hydrogen) atoms. The Labute approximate surface area is 176 Å². The molecule has 2 N–H and O–H groups in total. The molecule has 2 heterocycles. The molecule has 2 aliphatic heterocycles. The summed E-state index contributed by atoms with van der Waals surface area (Å²) in [5.41, 5.74) is 8.12. The average Bonchev–Trinajstić information content (AvgIpc) is 3.32. The second kappa shape index (κ2) is 8.68. The van der Waals surface area contributed by atoms with Gasteiger partial charge in [-0.3, -0.25) is 9.59 Å². The van der Waals surface area contributed by atoms with Gasteiger partial charge in [0.25, 0.3) is 5.91 Å². The van der Waals surface area contributed by atoms with E-state index in [0.717, 1.165) is 44.7 Å². The van der Waals surface area contributed by atoms with Crippen LogP contribution in [0.5, 0.6) is 0 Å². The zero-order chi connectivity index (χ0) is 21.1. The van der Waals surface area contributed by atoms with Crippen molar-refractivity contribution in [2.24, 2.45) is 17.6 Å². The Morgan fingerprint density at radius 1 is 1.03 bits per heavy atom. The highest BCUT2D eigenvalue weighted by Gasteiger charge is 2.41. The van der Waals surface area contributed by atoms with Crippen LogP contribution in [0.25, 0.3) is 0 Å². The summed E-state index contributed by atoms with van der Waals surface area (Å²) in [5, 5.41) is 8.90. The molecule has 2 atom stereocenters. The molecular formula is C24H25N4O2. The van der Waals surface area contributed by atoms with Crippen LogP contribution >= 0.6 is 0 Å². The molecule has 0 aliphatic carbocycles. The summed E-state index contributed by atoms with van der Waals surface area (Å²) in [6, 6.07) is 16.4. The maximum absolute atomic E-state index is 12.8. The maximum Gasteiger partial charge on any atom is 0.253 e. The van der Waals surface area contributed by atoms with Gasteiger partial charge < -0.3 is 15.5 Å². The summed E-state index contributed by atoms with van der Waals surface area (Å²) < 4.78 is 0. The number of fused-ring (bicyclic) bond motifs is 1. The van der Waals surface area contributed by atoms with E-state index in [9.17, 15) is 9.59 Å². The summed E-state index contributed by atoms with van der Waals surface area (Å²) in [6.45, 7) is 4.49. The monoisotopic (exact) mass is 401 g/mol. The summed E-state index contributed by atoms with van der Waals surface area (Å²) >= 11 is 0. The topological polar surface area (TPSA) is 90.4 Å². The third kappa shape index (κ3) is 4.22. The smallest absolute Gasteiger partial charge is 0.253 e. The summed E-state index contributed by atoms with van der Waals surface area (Å²) in [6.07, 6.45) is 2.94. The van der Waals surface area contributed by atoms with Gasteiger partial charge in [-0.05, 0) is 67.1 Å². The largest absolute Gasteiger partial charge is 0.366 e. The molecule has 2 aliphatic rings. The fourth-order valence-corrected chi connectivity index (χ4v) is 4.61. The molecule has 6 nitrogen and oxygen atoms in total. The Morgan fingerprint density at radius 2 is 1.70 bits per heavy atom. The predicted octanol–water partition coefficient (Wildman–Crippen LogP) is 2.30. The van der Waals surface area contributed by atoms with Crippen molar-refractivity contribution in [1.29, 1.82) is 5.26 Å². The zero-order valence-electron chi connectivity index (χ0n) is 16.8. The number of nitrogens with zero attached hydrogens (tertiary/aromatic N) is 3. The van der Waals surface area contributed by atoms with E-state index in [4.69, 9.17) is 11.0 Å². The molecule has 0 saturated carbocycles. The maximum atomic E-state index is 12.8. The highest BCUT2D eigenvalue weighted by Crippen LogP contribution is 2.32. The van der Waals surface area contributed by atoms with Crippen LogP contribution in [-0.4, -0.2) is 54.3 Å². The van der Waals surface area contributed by atoms with Crippen LogP contribution in [0.1, 0.15) is 38.3 Å². The molecule has 4 rings (SSSR count). The van der Waals surface area contributed by atoms with E-state index in [2.05, 4.69) is 17.4 Å². The Hall–Kier alpha value is -3.17. The number of benzene rings is 2. The molecule has 2 saturated heterocycles. The van der Waals surface area contributed by atoms with Crippen LogP contribution in [0.2, 0.25) is 0 Å². The van der Waals surface area contributed by atoms with Crippen molar-refractivity contribution in [1.82, 2.24) is 9.80 Å². The van der Waals surface area contributed by atoms with Gasteiger partial charge in [0.05, 0.1) is 11.6 Å². The summed E-state index contributed by atoms with van der Waals surface area (Å²) in [5.74, 6) is 0.664. The molecule has 2 amide bonds. The minimum absolute atomic E-state index is 0.0526. The predicted molar refractivity (Wildman–Crippen MR) is 113 cm³/mol. The Morgan fingerprint density at radius 3 is 2.33 bits per heavy atom. The molecule has 2 aromatic carbocycles. The second-order valence-electron chi connectivity index (χ2n) is 8.12. The van der Waals surface area contributed by atoms with Crippen molar-refractivity contribution in [3.05, 3.63) is 77.2 Å². The summed E-state index contributed by atoms with van der Waals surface area (Å²) in [7, 11) is 0. The molecule has 2 fully saturated rings. The van der Waals surface area contributed by atoms with Crippen molar-refractivity contribution in [2.75, 3.05) is 32.7 Å². The van der Waals surface area contributed by atoms with Gasteiger partial charge >= 0.3 is 0 Å². The van der Waals surface area contributed by atoms with Gasteiger partial charge in [0, 0.05) is 37.3 Å². The van der Waals surface area contributed by atoms with Crippen molar-refractivity contribution in [3.63, 3.8) is 0 Å². The SMILES string of the molecule is N#Cc1ccc(C(=O)N2CC3CN(CC[CH]c4ccccc4C(N)=O)C[C@H]3C2)cc1. The van der Waals surface area contributed by atoms with Crippen LogP contribution in [0.15, 0.2) is 48.5 Å². The molecule has 0 spiro atoms. The minimum atomic E-state index is -0.399. The number of nitrogens with two attached hydrogens (primary N) is 1. The first-order valence-corrected chi connectivity index (χ1v) is 10.3. The zero-order valence-corrected chi connectivity index (χ0v) is 16.8. The number of carbonyl (C=O) groups excluding carboxylic acids is 2. The third-order valence-electron chi connectivity index (χ3n) is 6.15. The van der Waals surface area contributed by atoms with Gasteiger partial charge in [-0.25, -0.2) is 0 Å². The van der Waals surface area contributed by atoms with E-state index >= 15 is 0 Å². The van der Waals surface area contributed by atoms with Crippen LogP contribution in [0, 0.1) is 29.6 Å². The van der Waals surface area contributed by atoms with Crippen molar-refractivity contribution in [2.45, 2.75) is 6.42 Å². The lowest BCUT2D eigenvalue weighted by Gasteiger charge is -2.21. The van der Waals surface area contributed by atoms with Crippen LogP contribution in [0.4, 0.5) is 0 Å². The highest BCUT2D eigenvalue weighted by molar-refractivity contribution is 5.95. The van der Waals surface area contributed by atoms with E-state index in [1.165, 1.54) is 0 Å². The molecule has 1 radical (unpaired) electrons. The molecule has 0 aromatic heterocycles. The van der Waals surface area contributed by atoms with Gasteiger partial charge in [-0.15, -0.1) is 0 Å². The van der Waals surface area contributed by atoms with Gasteiger partial charge in [0.15, 0.2) is 0 Å². The number of rotatable bonds is 6. The quantitative estimate of drug-likeness (QED) is 0.804. The number of hydrogen-bond acceptors (Lipinski definition) is 4. The number of amides is 2. The number of carbonyl (C=O) groups is 2. The first-order chi connectivity index (χ1) is 14.5. The number of nitriles is 1. The number of primary amides is 1. The molecule has 0 bridgehead atoms. The first kappa shape index (κ1) is 20.1. The van der Waals surface area contributed by atoms with Gasteiger partial charge in [-0.2, -0.15) is 5.26 Å². The van der Waals surface area contributed by atoms with Crippen LogP contribution in [0.3, 0.4) is 0 Å². The third-order valence-corrected chi connectivity index (χ3v) is 6.15. The molecule has 6 heteroatoms. The number of likely N-dealkylation sites (tertiary alicyclic amines) is 2. The van der Waals surface area contributed by atoms with E-state index in [0.29, 0.717) is 28.5 Å². The lowest BCUT2D eigenvalue weighted by atomic mass is 10.0. The fraction of sp³-hybridized carbons (Fsp3) is 0.333. The average molecular weight is 401 g/mol. The lowest BCUT2D eigenvalue weighted by Crippen LogP contribution is -2.33. The van der Waals surface area contributed by atoms with Crippen molar-refractivity contribution < 1.29 is 9.59 Å². The molecular weight excluding hydrogens is 376 g/mol. The summed E-state index contributed by atoms with van der Waals surface area (Å²) in [4.78, 5) is 28.7.